The standard InChI is InChI=1S/2C22H25.C2H4.2ClH.Zr/c2*1-7-18-11-20-16(5)15(4)17(6)22(21(20)12-18)19-10-13(2)8-9-14(19)3;1-2;;;/h2*8-12H,7H2,1-6H3;1-2H2;2*1H;/q;;;;;+2/p-2. The van der Waals surface area contributed by atoms with Gasteiger partial charge in [0.25, 0.3) is 0 Å². The van der Waals surface area contributed by atoms with E-state index in [0.29, 0.717) is 7.25 Å². The first kappa shape index (κ1) is 38.1. The van der Waals surface area contributed by atoms with Gasteiger partial charge in [0.2, 0.25) is 0 Å². The molecule has 3 heteroatoms. The van der Waals surface area contributed by atoms with Crippen LogP contribution in [0.4, 0.5) is 0 Å². The molecule has 7 rings (SSSR count). The second-order valence-electron chi connectivity index (χ2n) is 15.5. The van der Waals surface area contributed by atoms with Crippen molar-refractivity contribution in [1.82, 2.24) is 0 Å². The number of benzene rings is 4. The van der Waals surface area contributed by atoms with Gasteiger partial charge in [0.15, 0.2) is 0 Å². The van der Waals surface area contributed by atoms with Gasteiger partial charge in [0.1, 0.15) is 0 Å². The molecule has 1 aliphatic heterocycles. The summed E-state index contributed by atoms with van der Waals surface area (Å²) in [6.45, 7) is 28.5. The molecule has 0 bridgehead atoms. The minimum atomic E-state index is -2.89. The monoisotopic (exact) mass is 766 g/mol. The Morgan fingerprint density at radius 3 is 1.20 bits per heavy atom. The smallest absolute Gasteiger partial charge is 1.00 e. The molecule has 0 spiro atoms. The molecular weight excluding hydrogens is 715 g/mol. The summed E-state index contributed by atoms with van der Waals surface area (Å²) in [7, 11) is 0. The zero-order chi connectivity index (χ0) is 33.7. The van der Waals surface area contributed by atoms with Gasteiger partial charge < -0.3 is 24.8 Å². The molecule has 2 atom stereocenters. The number of aryl methyl sites for hydroxylation is 4. The SMILES string of the molecule is CCC1=Cc2c(-c3cc(C)ccc3C)c(C)c(C)c(C)c2[CH]1[Zr+2]1([CH]2C(CC)=Cc3c(-c4cc(C)ccc4C)c(C)c(C)c(C)c32)[CH2][CH2]1.[Cl-].[Cl-]. The molecule has 256 valence electrons. The third-order valence-electron chi connectivity index (χ3n) is 13.0. The summed E-state index contributed by atoms with van der Waals surface area (Å²) in [6, 6.07) is 14.1. The Hall–Kier alpha value is -2.18. The van der Waals surface area contributed by atoms with Crippen molar-refractivity contribution in [2.75, 3.05) is 0 Å². The van der Waals surface area contributed by atoms with Crippen molar-refractivity contribution in [2.24, 2.45) is 0 Å². The second-order valence-corrected chi connectivity index (χ2v) is 26.9. The molecule has 4 aromatic carbocycles. The van der Waals surface area contributed by atoms with E-state index in [2.05, 4.69) is 132 Å². The topological polar surface area (TPSA) is 0 Å². The summed E-state index contributed by atoms with van der Waals surface area (Å²) < 4.78 is 4.36. The van der Waals surface area contributed by atoms with Crippen molar-refractivity contribution < 1.29 is 45.1 Å². The molecule has 49 heavy (non-hydrogen) atoms. The summed E-state index contributed by atoms with van der Waals surface area (Å²) in [5, 5.41) is 0. The number of fused-ring (bicyclic) bond motifs is 2. The Kier molecular flexibility index (Phi) is 10.7. The minimum Gasteiger partial charge on any atom is -1.00 e. The van der Waals surface area contributed by atoms with Crippen molar-refractivity contribution in [1.29, 1.82) is 0 Å². The first-order valence-electron chi connectivity index (χ1n) is 18.2. The average molecular weight is 769 g/mol. The van der Waals surface area contributed by atoms with Gasteiger partial charge in [-0.25, -0.2) is 0 Å². The van der Waals surface area contributed by atoms with E-state index < -0.39 is 20.3 Å². The Labute approximate surface area is 314 Å². The fourth-order valence-electron chi connectivity index (χ4n) is 9.89. The summed E-state index contributed by atoms with van der Waals surface area (Å²) in [4.78, 5) is 0. The Balaban J connectivity index is 0.00000234. The fourth-order valence-corrected chi connectivity index (χ4v) is 28.2. The van der Waals surface area contributed by atoms with Crippen LogP contribution in [0.25, 0.3) is 34.4 Å². The summed E-state index contributed by atoms with van der Waals surface area (Å²) in [5.41, 5.74) is 30.6. The van der Waals surface area contributed by atoms with E-state index in [1.807, 2.05) is 0 Å². The van der Waals surface area contributed by atoms with Crippen molar-refractivity contribution in [3.05, 3.63) is 125 Å². The molecule has 0 nitrogen and oxygen atoms in total. The largest absolute Gasteiger partial charge is 1.00 e. The van der Waals surface area contributed by atoms with Crippen molar-refractivity contribution in [3.8, 4) is 22.3 Å². The third-order valence-corrected chi connectivity index (χ3v) is 26.0. The molecule has 1 heterocycles. The summed E-state index contributed by atoms with van der Waals surface area (Å²) >= 11 is -2.89. The van der Waals surface area contributed by atoms with E-state index in [1.54, 1.807) is 44.5 Å². The molecule has 3 aliphatic rings. The molecule has 0 amide bonds. The van der Waals surface area contributed by atoms with Crippen LogP contribution in [0.5, 0.6) is 0 Å². The molecule has 0 saturated carbocycles. The molecule has 0 radical (unpaired) electrons. The van der Waals surface area contributed by atoms with E-state index in [9.17, 15) is 0 Å². The third kappa shape index (κ3) is 5.65. The van der Waals surface area contributed by atoms with Crippen LogP contribution in [0, 0.1) is 69.2 Å². The van der Waals surface area contributed by atoms with Crippen LogP contribution in [0.3, 0.4) is 0 Å². The second kappa shape index (κ2) is 13.8. The quantitative estimate of drug-likeness (QED) is 0.191. The van der Waals surface area contributed by atoms with E-state index in [0.717, 1.165) is 12.8 Å². The van der Waals surface area contributed by atoms with Crippen LogP contribution < -0.4 is 24.8 Å². The molecular formula is C46H54Cl2Zr. The Morgan fingerprint density at radius 2 is 0.878 bits per heavy atom. The maximum Gasteiger partial charge on any atom is -1.00 e. The Bertz CT molecular complexity index is 1930. The zero-order valence-corrected chi connectivity index (χ0v) is 35.8. The van der Waals surface area contributed by atoms with Crippen molar-refractivity contribution in [3.63, 3.8) is 0 Å². The van der Waals surface area contributed by atoms with E-state index >= 15 is 0 Å². The van der Waals surface area contributed by atoms with Crippen molar-refractivity contribution >= 4 is 12.2 Å². The molecule has 0 aromatic heterocycles. The van der Waals surface area contributed by atoms with Crippen LogP contribution >= 0.6 is 0 Å². The number of hydrogen-bond donors (Lipinski definition) is 0. The number of rotatable bonds is 6. The van der Waals surface area contributed by atoms with Gasteiger partial charge in [-0.2, -0.15) is 0 Å². The fraction of sp³-hybridized carbons (Fsp3) is 0.391. The van der Waals surface area contributed by atoms with Crippen LogP contribution in [-0.4, -0.2) is 0 Å². The maximum atomic E-state index is 2.70. The van der Waals surface area contributed by atoms with Crippen molar-refractivity contribution in [2.45, 2.75) is 111 Å². The average Bonchev–Trinajstić information content (AvgIpc) is 3.59. The predicted octanol–water partition coefficient (Wildman–Crippen LogP) is 7.51. The van der Waals surface area contributed by atoms with E-state index in [1.165, 1.54) is 75.0 Å². The normalized spacial score (nSPS) is 17.6. The van der Waals surface area contributed by atoms with Crippen LogP contribution in [0.15, 0.2) is 47.5 Å². The van der Waals surface area contributed by atoms with Gasteiger partial charge in [0.05, 0.1) is 0 Å². The number of hydrogen-bond acceptors (Lipinski definition) is 0. The molecule has 2 unspecified atom stereocenters. The maximum absolute atomic E-state index is 2.89. The van der Waals surface area contributed by atoms with Gasteiger partial charge in [-0.15, -0.1) is 0 Å². The van der Waals surface area contributed by atoms with Crippen LogP contribution in [0.2, 0.25) is 8.26 Å². The number of allylic oxidation sites excluding steroid dienone is 2. The van der Waals surface area contributed by atoms with Gasteiger partial charge in [-0.05, 0) is 0 Å². The first-order valence-corrected chi connectivity index (χ1v) is 24.5. The van der Waals surface area contributed by atoms with E-state index in [4.69, 9.17) is 0 Å². The number of halogens is 2. The van der Waals surface area contributed by atoms with Gasteiger partial charge in [-0.3, -0.25) is 0 Å². The summed E-state index contributed by atoms with van der Waals surface area (Å²) in [6.07, 6.45) is 7.72. The first-order chi connectivity index (χ1) is 22.4. The summed E-state index contributed by atoms with van der Waals surface area (Å²) in [5.74, 6) is 0. The van der Waals surface area contributed by atoms with E-state index in [-0.39, 0.29) is 24.8 Å². The molecule has 1 saturated heterocycles. The predicted molar refractivity (Wildman–Crippen MR) is 203 cm³/mol. The zero-order valence-electron chi connectivity index (χ0n) is 31.9. The van der Waals surface area contributed by atoms with Gasteiger partial charge >= 0.3 is 292 Å². The molecule has 1 fully saturated rings. The van der Waals surface area contributed by atoms with Gasteiger partial charge in [0, 0.05) is 0 Å². The minimum absolute atomic E-state index is 0. The molecule has 2 aliphatic carbocycles. The Morgan fingerprint density at radius 1 is 0.510 bits per heavy atom. The molecule has 0 N–H and O–H groups in total. The van der Waals surface area contributed by atoms with Crippen LogP contribution in [0.1, 0.15) is 112 Å². The van der Waals surface area contributed by atoms with Gasteiger partial charge in [-0.1, -0.05) is 0 Å². The van der Waals surface area contributed by atoms with Crippen LogP contribution in [-0.2, 0) is 20.3 Å². The molecule has 4 aromatic rings.